The van der Waals surface area contributed by atoms with E-state index in [-0.39, 0.29) is 18.0 Å². The molecule has 0 aliphatic rings. The topological polar surface area (TPSA) is 92.7 Å². The van der Waals surface area contributed by atoms with Gasteiger partial charge in [-0.15, -0.1) is 0 Å². The van der Waals surface area contributed by atoms with Gasteiger partial charge in [0, 0.05) is 17.8 Å². The van der Waals surface area contributed by atoms with Crippen LogP contribution in [-0.2, 0) is 0 Å². The average molecular weight is 327 g/mol. The quantitative estimate of drug-likeness (QED) is 0.703. The number of amides is 1. The fourth-order valence-electron chi connectivity index (χ4n) is 2.51. The van der Waals surface area contributed by atoms with Crippen molar-refractivity contribution in [2.75, 3.05) is 0 Å². The predicted molar refractivity (Wildman–Crippen MR) is 87.7 cm³/mol. The SMILES string of the molecule is CC(CC(O)c1ccco1)NC(=O)c1cc2ccccc2oc1=O. The van der Waals surface area contributed by atoms with Crippen molar-refractivity contribution in [3.63, 3.8) is 0 Å². The Balaban J connectivity index is 1.72. The largest absolute Gasteiger partial charge is 0.467 e. The number of carbonyl (C=O) groups is 1. The van der Waals surface area contributed by atoms with Crippen molar-refractivity contribution in [2.24, 2.45) is 0 Å². The highest BCUT2D eigenvalue weighted by atomic mass is 16.4. The minimum Gasteiger partial charge on any atom is -0.467 e. The van der Waals surface area contributed by atoms with Crippen LogP contribution in [0.5, 0.6) is 0 Å². The lowest BCUT2D eigenvalue weighted by molar-refractivity contribution is 0.0900. The Morgan fingerprint density at radius 3 is 2.79 bits per heavy atom. The molecule has 0 fully saturated rings. The maximum absolute atomic E-state index is 12.3. The van der Waals surface area contributed by atoms with Crippen LogP contribution in [0.2, 0.25) is 0 Å². The molecule has 6 heteroatoms. The van der Waals surface area contributed by atoms with E-state index in [2.05, 4.69) is 5.32 Å². The molecule has 0 bridgehead atoms. The Morgan fingerprint density at radius 2 is 2.04 bits per heavy atom. The maximum Gasteiger partial charge on any atom is 0.349 e. The third-order valence-electron chi connectivity index (χ3n) is 3.71. The molecule has 2 N–H and O–H groups in total. The third kappa shape index (κ3) is 3.38. The highest BCUT2D eigenvalue weighted by molar-refractivity contribution is 5.96. The van der Waals surface area contributed by atoms with E-state index in [4.69, 9.17) is 8.83 Å². The van der Waals surface area contributed by atoms with E-state index in [0.717, 1.165) is 0 Å². The monoisotopic (exact) mass is 327 g/mol. The summed E-state index contributed by atoms with van der Waals surface area (Å²) in [6, 6.07) is 11.5. The van der Waals surface area contributed by atoms with Crippen molar-refractivity contribution >= 4 is 16.9 Å². The van der Waals surface area contributed by atoms with E-state index in [1.54, 1.807) is 43.3 Å². The van der Waals surface area contributed by atoms with Crippen LogP contribution >= 0.6 is 0 Å². The molecule has 2 atom stereocenters. The zero-order valence-corrected chi connectivity index (χ0v) is 13.1. The number of nitrogens with one attached hydrogen (secondary N) is 1. The molecule has 0 saturated heterocycles. The Labute approximate surface area is 137 Å². The van der Waals surface area contributed by atoms with E-state index < -0.39 is 17.6 Å². The summed E-state index contributed by atoms with van der Waals surface area (Å²) >= 11 is 0. The van der Waals surface area contributed by atoms with Gasteiger partial charge in [0.2, 0.25) is 0 Å². The summed E-state index contributed by atoms with van der Waals surface area (Å²) in [5, 5.41) is 13.4. The zero-order valence-electron chi connectivity index (χ0n) is 13.1. The molecule has 2 aromatic heterocycles. The first kappa shape index (κ1) is 16.0. The number of fused-ring (bicyclic) bond motifs is 1. The van der Waals surface area contributed by atoms with Crippen LogP contribution in [0.4, 0.5) is 0 Å². The maximum atomic E-state index is 12.3. The van der Waals surface area contributed by atoms with Crippen LogP contribution in [-0.4, -0.2) is 17.1 Å². The lowest BCUT2D eigenvalue weighted by Gasteiger charge is -2.16. The van der Waals surface area contributed by atoms with Crippen LogP contribution in [0.15, 0.2) is 62.4 Å². The Morgan fingerprint density at radius 1 is 1.25 bits per heavy atom. The van der Waals surface area contributed by atoms with Gasteiger partial charge in [-0.3, -0.25) is 4.79 Å². The summed E-state index contributed by atoms with van der Waals surface area (Å²) < 4.78 is 10.3. The highest BCUT2D eigenvalue weighted by Gasteiger charge is 2.19. The molecule has 0 spiro atoms. The fourth-order valence-corrected chi connectivity index (χ4v) is 2.51. The molecular formula is C18H17NO5. The second-order valence-corrected chi connectivity index (χ2v) is 5.63. The van der Waals surface area contributed by atoms with Crippen molar-refractivity contribution in [1.82, 2.24) is 5.32 Å². The minimum atomic E-state index is -0.830. The molecule has 3 rings (SSSR count). The van der Waals surface area contributed by atoms with E-state index >= 15 is 0 Å². The number of benzene rings is 1. The average Bonchev–Trinajstić information content (AvgIpc) is 3.08. The van der Waals surface area contributed by atoms with Crippen LogP contribution < -0.4 is 10.9 Å². The first-order valence-electron chi connectivity index (χ1n) is 7.60. The summed E-state index contributed by atoms with van der Waals surface area (Å²) in [4.78, 5) is 24.3. The third-order valence-corrected chi connectivity index (χ3v) is 3.71. The number of furan rings is 1. The lowest BCUT2D eigenvalue weighted by Crippen LogP contribution is -2.36. The van der Waals surface area contributed by atoms with Crippen LogP contribution in [0.3, 0.4) is 0 Å². The predicted octanol–water partition coefficient (Wildman–Crippen LogP) is 2.63. The molecule has 2 unspecified atom stereocenters. The van der Waals surface area contributed by atoms with Gasteiger partial charge in [-0.2, -0.15) is 0 Å². The Bertz CT molecular complexity index is 897. The zero-order chi connectivity index (χ0) is 17.1. The molecule has 24 heavy (non-hydrogen) atoms. The molecule has 0 saturated carbocycles. The van der Waals surface area contributed by atoms with Gasteiger partial charge in [0.05, 0.1) is 6.26 Å². The van der Waals surface area contributed by atoms with Gasteiger partial charge in [0.25, 0.3) is 5.91 Å². The number of hydrogen-bond acceptors (Lipinski definition) is 5. The molecule has 0 radical (unpaired) electrons. The summed E-state index contributed by atoms with van der Waals surface area (Å²) in [5.41, 5.74) is -0.321. The van der Waals surface area contributed by atoms with Gasteiger partial charge < -0.3 is 19.3 Å². The van der Waals surface area contributed by atoms with Gasteiger partial charge in [0.1, 0.15) is 23.0 Å². The lowest BCUT2D eigenvalue weighted by atomic mass is 10.1. The molecule has 0 aliphatic carbocycles. The molecule has 3 aromatic rings. The van der Waals surface area contributed by atoms with Crippen molar-refractivity contribution in [1.29, 1.82) is 0 Å². The fraction of sp³-hybridized carbons (Fsp3) is 0.222. The van der Waals surface area contributed by atoms with E-state index in [0.29, 0.717) is 16.7 Å². The van der Waals surface area contributed by atoms with E-state index in [1.807, 2.05) is 0 Å². The van der Waals surface area contributed by atoms with Crippen molar-refractivity contribution in [3.05, 3.63) is 70.5 Å². The van der Waals surface area contributed by atoms with Crippen LogP contribution in [0.1, 0.15) is 35.6 Å². The number of hydrogen-bond donors (Lipinski definition) is 2. The van der Waals surface area contributed by atoms with Gasteiger partial charge in [-0.1, -0.05) is 18.2 Å². The van der Waals surface area contributed by atoms with Crippen molar-refractivity contribution in [3.8, 4) is 0 Å². The standard InChI is InChI=1S/C18H17NO5/c1-11(9-14(20)16-7-4-8-23-16)19-17(21)13-10-12-5-2-3-6-15(12)24-18(13)22/h2-8,10-11,14,20H,9H2,1H3,(H,19,21). The van der Waals surface area contributed by atoms with Crippen LogP contribution in [0.25, 0.3) is 11.0 Å². The summed E-state index contributed by atoms with van der Waals surface area (Å²) in [7, 11) is 0. The Hall–Kier alpha value is -2.86. The molecule has 1 aromatic carbocycles. The molecule has 2 heterocycles. The molecular weight excluding hydrogens is 310 g/mol. The minimum absolute atomic E-state index is 0.0620. The van der Waals surface area contributed by atoms with Crippen molar-refractivity contribution in [2.45, 2.75) is 25.5 Å². The summed E-state index contributed by atoms with van der Waals surface area (Å²) in [6.07, 6.45) is 0.906. The summed E-state index contributed by atoms with van der Waals surface area (Å²) in [5.74, 6) is -0.102. The first-order valence-corrected chi connectivity index (χ1v) is 7.60. The number of rotatable bonds is 5. The van der Waals surface area contributed by atoms with Gasteiger partial charge in [-0.05, 0) is 31.2 Å². The molecule has 1 amide bonds. The van der Waals surface area contributed by atoms with Crippen LogP contribution in [0, 0.1) is 0 Å². The first-order chi connectivity index (χ1) is 11.5. The Kier molecular flexibility index (Phi) is 4.48. The molecule has 0 aliphatic heterocycles. The number of aliphatic hydroxyl groups is 1. The number of aliphatic hydroxyl groups excluding tert-OH is 1. The van der Waals surface area contributed by atoms with Gasteiger partial charge in [-0.25, -0.2) is 4.79 Å². The second-order valence-electron chi connectivity index (χ2n) is 5.63. The van der Waals surface area contributed by atoms with Crippen molar-refractivity contribution < 1.29 is 18.7 Å². The molecule has 6 nitrogen and oxygen atoms in total. The highest BCUT2D eigenvalue weighted by Crippen LogP contribution is 2.19. The second kappa shape index (κ2) is 6.72. The van der Waals surface area contributed by atoms with E-state index in [9.17, 15) is 14.7 Å². The molecule has 124 valence electrons. The number of para-hydroxylation sites is 1. The van der Waals surface area contributed by atoms with E-state index in [1.165, 1.54) is 12.3 Å². The number of carbonyl (C=O) groups excluding carboxylic acids is 1. The normalized spacial score (nSPS) is 13.6. The van der Waals surface area contributed by atoms with Gasteiger partial charge in [0.15, 0.2) is 0 Å². The van der Waals surface area contributed by atoms with Gasteiger partial charge >= 0.3 is 5.63 Å². The smallest absolute Gasteiger partial charge is 0.349 e. The summed E-state index contributed by atoms with van der Waals surface area (Å²) in [6.45, 7) is 1.74.